The molecule has 0 bridgehead atoms. The zero-order valence-electron chi connectivity index (χ0n) is 10.6. The summed E-state index contributed by atoms with van der Waals surface area (Å²) < 4.78 is 5.13. The fourth-order valence-electron chi connectivity index (χ4n) is 2.18. The number of carbonyl (C=O) groups excluding carboxylic acids is 1. The van der Waals surface area contributed by atoms with Crippen molar-refractivity contribution in [3.8, 4) is 0 Å². The van der Waals surface area contributed by atoms with Crippen molar-refractivity contribution in [2.24, 2.45) is 0 Å². The molecule has 0 atom stereocenters. The molecular formula is C12H24N2O3. The summed E-state index contributed by atoms with van der Waals surface area (Å²) in [5.74, 6) is -0.0376. The number of nitrogens with one attached hydrogen (secondary N) is 2. The highest BCUT2D eigenvalue weighted by Crippen LogP contribution is 2.28. The summed E-state index contributed by atoms with van der Waals surface area (Å²) >= 11 is 0. The fourth-order valence-corrected chi connectivity index (χ4v) is 2.18. The van der Waals surface area contributed by atoms with Crippen molar-refractivity contribution < 1.29 is 14.6 Å². The Bertz CT molecular complexity index is 228. The third kappa shape index (κ3) is 5.02. The van der Waals surface area contributed by atoms with Crippen LogP contribution in [0.25, 0.3) is 0 Å². The average Bonchev–Trinajstić information content (AvgIpc) is 2.82. The lowest BCUT2D eigenvalue weighted by Crippen LogP contribution is -2.50. The predicted molar refractivity (Wildman–Crippen MR) is 65.8 cm³/mol. The number of amides is 1. The Morgan fingerprint density at radius 3 is 2.71 bits per heavy atom. The molecule has 1 aliphatic carbocycles. The summed E-state index contributed by atoms with van der Waals surface area (Å²) in [4.78, 5) is 11.5. The molecule has 0 aliphatic heterocycles. The molecule has 0 saturated heterocycles. The Labute approximate surface area is 103 Å². The van der Waals surface area contributed by atoms with Gasteiger partial charge in [-0.3, -0.25) is 4.79 Å². The van der Waals surface area contributed by atoms with Gasteiger partial charge in [0.15, 0.2) is 0 Å². The minimum absolute atomic E-state index is 0.0376. The van der Waals surface area contributed by atoms with Crippen molar-refractivity contribution in [2.75, 3.05) is 32.9 Å². The van der Waals surface area contributed by atoms with Crippen LogP contribution in [-0.4, -0.2) is 49.5 Å². The van der Waals surface area contributed by atoms with E-state index in [4.69, 9.17) is 4.74 Å². The van der Waals surface area contributed by atoms with Gasteiger partial charge in [-0.05, 0) is 19.8 Å². The van der Waals surface area contributed by atoms with Crippen LogP contribution in [0.1, 0.15) is 32.6 Å². The minimum atomic E-state index is -0.225. The Morgan fingerprint density at radius 2 is 2.12 bits per heavy atom. The molecule has 1 saturated carbocycles. The molecule has 0 radical (unpaired) electrons. The average molecular weight is 244 g/mol. The molecule has 0 aromatic rings. The summed E-state index contributed by atoms with van der Waals surface area (Å²) in [6.07, 6.45) is 4.16. The van der Waals surface area contributed by atoms with E-state index in [1.165, 1.54) is 0 Å². The molecule has 0 aromatic heterocycles. The second kappa shape index (κ2) is 7.63. The van der Waals surface area contributed by atoms with Gasteiger partial charge < -0.3 is 20.5 Å². The lowest BCUT2D eigenvalue weighted by atomic mass is 9.99. The van der Waals surface area contributed by atoms with Gasteiger partial charge in [0.25, 0.3) is 0 Å². The molecule has 1 rings (SSSR count). The van der Waals surface area contributed by atoms with Gasteiger partial charge in [-0.1, -0.05) is 12.8 Å². The van der Waals surface area contributed by atoms with E-state index in [1.54, 1.807) is 0 Å². The Balaban J connectivity index is 2.14. The first kappa shape index (κ1) is 14.4. The van der Waals surface area contributed by atoms with Gasteiger partial charge in [0.05, 0.1) is 19.8 Å². The molecule has 1 aliphatic rings. The molecular weight excluding hydrogens is 220 g/mol. The molecule has 100 valence electrons. The van der Waals surface area contributed by atoms with Crippen LogP contribution in [0.2, 0.25) is 0 Å². The number of hydrogen-bond donors (Lipinski definition) is 3. The number of carbonyl (C=O) groups is 1. The van der Waals surface area contributed by atoms with Crippen LogP contribution in [0, 0.1) is 0 Å². The number of aliphatic hydroxyl groups is 1. The van der Waals surface area contributed by atoms with Crippen molar-refractivity contribution in [2.45, 2.75) is 38.1 Å². The van der Waals surface area contributed by atoms with Gasteiger partial charge in [0, 0.05) is 18.7 Å². The summed E-state index contributed by atoms with van der Waals surface area (Å²) in [7, 11) is 0. The highest BCUT2D eigenvalue weighted by atomic mass is 16.5. The van der Waals surface area contributed by atoms with E-state index < -0.39 is 0 Å². The van der Waals surface area contributed by atoms with Crippen molar-refractivity contribution in [1.29, 1.82) is 0 Å². The first-order chi connectivity index (χ1) is 8.22. The predicted octanol–water partition coefficient (Wildman–Crippen LogP) is 0.0338. The molecule has 0 unspecified atom stereocenters. The number of rotatable bonds is 8. The monoisotopic (exact) mass is 244 g/mol. The third-order valence-electron chi connectivity index (χ3n) is 3.26. The zero-order chi connectivity index (χ0) is 12.6. The van der Waals surface area contributed by atoms with Gasteiger partial charge >= 0.3 is 0 Å². The minimum Gasteiger partial charge on any atom is -0.394 e. The normalized spacial score (nSPS) is 18.2. The second-order valence-corrected chi connectivity index (χ2v) is 4.55. The smallest absolute Gasteiger partial charge is 0.234 e. The van der Waals surface area contributed by atoms with Crippen molar-refractivity contribution in [3.05, 3.63) is 0 Å². The summed E-state index contributed by atoms with van der Waals surface area (Å²) in [5, 5.41) is 15.3. The van der Waals surface area contributed by atoms with Crippen molar-refractivity contribution >= 4 is 5.91 Å². The van der Waals surface area contributed by atoms with Crippen LogP contribution < -0.4 is 10.6 Å². The van der Waals surface area contributed by atoms with Crippen LogP contribution >= 0.6 is 0 Å². The topological polar surface area (TPSA) is 70.6 Å². The van der Waals surface area contributed by atoms with Crippen LogP contribution in [-0.2, 0) is 9.53 Å². The van der Waals surface area contributed by atoms with E-state index in [0.717, 1.165) is 25.7 Å². The van der Waals surface area contributed by atoms with Gasteiger partial charge in [0.1, 0.15) is 0 Å². The Hall–Kier alpha value is -0.650. The van der Waals surface area contributed by atoms with Crippen LogP contribution in [0.4, 0.5) is 0 Å². The van der Waals surface area contributed by atoms with E-state index >= 15 is 0 Å². The highest BCUT2D eigenvalue weighted by Gasteiger charge is 2.32. The lowest BCUT2D eigenvalue weighted by Gasteiger charge is -2.27. The van der Waals surface area contributed by atoms with Gasteiger partial charge in [-0.15, -0.1) is 0 Å². The largest absolute Gasteiger partial charge is 0.394 e. The second-order valence-electron chi connectivity index (χ2n) is 4.55. The molecule has 0 heterocycles. The maximum Gasteiger partial charge on any atom is 0.234 e. The lowest BCUT2D eigenvalue weighted by molar-refractivity contribution is -0.120. The van der Waals surface area contributed by atoms with E-state index in [9.17, 15) is 9.90 Å². The molecule has 3 N–H and O–H groups in total. The molecule has 0 aromatic carbocycles. The maximum atomic E-state index is 11.5. The van der Waals surface area contributed by atoms with E-state index in [2.05, 4.69) is 10.6 Å². The van der Waals surface area contributed by atoms with Crippen molar-refractivity contribution in [3.63, 3.8) is 0 Å². The van der Waals surface area contributed by atoms with Gasteiger partial charge in [-0.25, -0.2) is 0 Å². The Morgan fingerprint density at radius 1 is 1.41 bits per heavy atom. The summed E-state index contributed by atoms with van der Waals surface area (Å²) in [6.45, 7) is 4.07. The summed E-state index contributed by atoms with van der Waals surface area (Å²) in [5.41, 5.74) is -0.225. The molecule has 0 spiro atoms. The van der Waals surface area contributed by atoms with Crippen LogP contribution in [0.3, 0.4) is 0 Å². The Kier molecular flexibility index (Phi) is 6.47. The molecule has 5 nitrogen and oxygen atoms in total. The standard InChI is InChI=1S/C12H24N2O3/c1-2-17-8-7-13-11(16)9-14-12(10-15)5-3-4-6-12/h14-15H,2-10H2,1H3,(H,13,16). The van der Waals surface area contributed by atoms with Crippen LogP contribution in [0.15, 0.2) is 0 Å². The molecule has 5 heteroatoms. The molecule has 1 fully saturated rings. The van der Waals surface area contributed by atoms with E-state index in [-0.39, 0.29) is 24.6 Å². The van der Waals surface area contributed by atoms with E-state index in [1.807, 2.05) is 6.92 Å². The number of hydrogen-bond acceptors (Lipinski definition) is 4. The fraction of sp³-hybridized carbons (Fsp3) is 0.917. The number of ether oxygens (including phenoxy) is 1. The van der Waals surface area contributed by atoms with Gasteiger partial charge in [-0.2, -0.15) is 0 Å². The van der Waals surface area contributed by atoms with Crippen molar-refractivity contribution in [1.82, 2.24) is 10.6 Å². The van der Waals surface area contributed by atoms with Gasteiger partial charge in [0.2, 0.25) is 5.91 Å². The molecule has 1 amide bonds. The first-order valence-electron chi connectivity index (χ1n) is 6.43. The SMILES string of the molecule is CCOCCNC(=O)CNC1(CO)CCCC1. The highest BCUT2D eigenvalue weighted by molar-refractivity contribution is 5.78. The maximum absolute atomic E-state index is 11.5. The van der Waals surface area contributed by atoms with E-state index in [0.29, 0.717) is 19.8 Å². The van der Waals surface area contributed by atoms with Crippen LogP contribution in [0.5, 0.6) is 0 Å². The first-order valence-corrected chi connectivity index (χ1v) is 6.43. The zero-order valence-corrected chi connectivity index (χ0v) is 10.6. The molecule has 17 heavy (non-hydrogen) atoms. The third-order valence-corrected chi connectivity index (χ3v) is 3.26. The number of aliphatic hydroxyl groups excluding tert-OH is 1. The summed E-state index contributed by atoms with van der Waals surface area (Å²) in [6, 6.07) is 0. The quantitative estimate of drug-likeness (QED) is 0.527.